The van der Waals surface area contributed by atoms with Gasteiger partial charge in [0.15, 0.2) is 0 Å². The molecule has 1 aliphatic heterocycles. The molecule has 2 heteroatoms. The van der Waals surface area contributed by atoms with Crippen LogP contribution < -0.4 is 5.32 Å². The molecule has 2 rings (SSSR count). The van der Waals surface area contributed by atoms with Crippen LogP contribution in [-0.2, 0) is 0 Å². The molecule has 0 amide bonds. The van der Waals surface area contributed by atoms with Crippen LogP contribution in [0.4, 0.5) is 0 Å². The number of hydrogen-bond acceptors (Lipinski definition) is 2. The third-order valence-electron chi connectivity index (χ3n) is 3.62. The van der Waals surface area contributed by atoms with Crippen LogP contribution in [-0.4, -0.2) is 37.1 Å². The molecule has 0 radical (unpaired) electrons. The van der Waals surface area contributed by atoms with E-state index < -0.39 is 0 Å². The van der Waals surface area contributed by atoms with Gasteiger partial charge >= 0.3 is 0 Å². The Kier molecular flexibility index (Phi) is 2.89. The van der Waals surface area contributed by atoms with E-state index in [2.05, 4.69) is 24.2 Å². The minimum absolute atomic E-state index is 0.731. The summed E-state index contributed by atoms with van der Waals surface area (Å²) in [5.41, 5.74) is 0. The van der Waals surface area contributed by atoms with Gasteiger partial charge in [0.2, 0.25) is 0 Å². The Morgan fingerprint density at radius 1 is 1.31 bits per heavy atom. The molecule has 2 aliphatic rings. The third kappa shape index (κ3) is 2.44. The molecular formula is C11H22N2. The van der Waals surface area contributed by atoms with Gasteiger partial charge in [-0.25, -0.2) is 0 Å². The molecule has 2 atom stereocenters. The average molecular weight is 182 g/mol. The molecule has 0 bridgehead atoms. The van der Waals surface area contributed by atoms with E-state index in [4.69, 9.17) is 0 Å². The molecule has 0 spiro atoms. The quantitative estimate of drug-likeness (QED) is 0.711. The Morgan fingerprint density at radius 2 is 2.08 bits per heavy atom. The molecule has 1 saturated carbocycles. The fraction of sp³-hybridized carbons (Fsp3) is 1.00. The van der Waals surface area contributed by atoms with Crippen LogP contribution in [0.2, 0.25) is 0 Å². The summed E-state index contributed by atoms with van der Waals surface area (Å²) in [7, 11) is 2.29. The number of nitrogens with zero attached hydrogens (tertiary/aromatic N) is 1. The van der Waals surface area contributed by atoms with Crippen molar-refractivity contribution in [1.29, 1.82) is 0 Å². The second-order valence-electron chi connectivity index (χ2n) is 4.82. The summed E-state index contributed by atoms with van der Waals surface area (Å²) in [6.45, 7) is 4.87. The molecule has 13 heavy (non-hydrogen) atoms. The first-order chi connectivity index (χ1) is 6.27. The van der Waals surface area contributed by atoms with Gasteiger partial charge in [-0.15, -0.1) is 0 Å². The second kappa shape index (κ2) is 3.97. The second-order valence-corrected chi connectivity index (χ2v) is 4.82. The summed E-state index contributed by atoms with van der Waals surface area (Å²) in [5, 5.41) is 3.57. The van der Waals surface area contributed by atoms with Crippen molar-refractivity contribution < 1.29 is 0 Å². The van der Waals surface area contributed by atoms with Gasteiger partial charge in [0, 0.05) is 18.6 Å². The fourth-order valence-electron chi connectivity index (χ4n) is 2.39. The molecular weight excluding hydrogens is 160 g/mol. The highest BCUT2D eigenvalue weighted by Gasteiger charge is 2.29. The zero-order chi connectivity index (χ0) is 9.26. The summed E-state index contributed by atoms with van der Waals surface area (Å²) in [6.07, 6.45) is 5.66. The van der Waals surface area contributed by atoms with Gasteiger partial charge in [-0.3, -0.25) is 0 Å². The summed E-state index contributed by atoms with van der Waals surface area (Å²) in [4.78, 5) is 2.56. The van der Waals surface area contributed by atoms with E-state index >= 15 is 0 Å². The maximum Gasteiger partial charge on any atom is 0.00934 e. The van der Waals surface area contributed by atoms with Crippen LogP contribution in [0.15, 0.2) is 0 Å². The summed E-state index contributed by atoms with van der Waals surface area (Å²) in [5.74, 6) is 0.888. The standard InChI is InChI=1S/C11H22N2/c1-9-10(4-3-7-12-9)8-13(2)11-5-6-11/h9-12H,3-8H2,1-2H3. The van der Waals surface area contributed by atoms with Crippen molar-refractivity contribution in [3.8, 4) is 0 Å². The molecule has 2 unspecified atom stereocenters. The van der Waals surface area contributed by atoms with E-state index in [1.54, 1.807) is 0 Å². The lowest BCUT2D eigenvalue weighted by Crippen LogP contribution is -2.44. The van der Waals surface area contributed by atoms with Crippen LogP contribution >= 0.6 is 0 Å². The van der Waals surface area contributed by atoms with Gasteiger partial charge in [0.1, 0.15) is 0 Å². The van der Waals surface area contributed by atoms with Crippen molar-refractivity contribution in [2.24, 2.45) is 5.92 Å². The van der Waals surface area contributed by atoms with E-state index in [0.29, 0.717) is 0 Å². The van der Waals surface area contributed by atoms with Crippen LogP contribution in [0, 0.1) is 5.92 Å². The molecule has 1 aliphatic carbocycles. The Labute approximate surface area is 81.7 Å². The van der Waals surface area contributed by atoms with Crippen molar-refractivity contribution in [2.45, 2.75) is 44.7 Å². The lowest BCUT2D eigenvalue weighted by Gasteiger charge is -2.33. The molecule has 0 aromatic heterocycles. The lowest BCUT2D eigenvalue weighted by molar-refractivity contribution is 0.200. The third-order valence-corrected chi connectivity index (χ3v) is 3.62. The lowest BCUT2D eigenvalue weighted by atomic mass is 9.91. The Bertz CT molecular complexity index is 165. The molecule has 0 aromatic rings. The predicted octanol–water partition coefficient (Wildman–Crippen LogP) is 1.47. The van der Waals surface area contributed by atoms with Gasteiger partial charge < -0.3 is 10.2 Å². The topological polar surface area (TPSA) is 15.3 Å². The maximum absolute atomic E-state index is 3.57. The van der Waals surface area contributed by atoms with Gasteiger partial charge in [0.05, 0.1) is 0 Å². The van der Waals surface area contributed by atoms with Crippen molar-refractivity contribution in [1.82, 2.24) is 10.2 Å². The molecule has 1 N–H and O–H groups in total. The Balaban J connectivity index is 1.77. The summed E-state index contributed by atoms with van der Waals surface area (Å²) >= 11 is 0. The van der Waals surface area contributed by atoms with E-state index in [1.165, 1.54) is 38.8 Å². The first-order valence-electron chi connectivity index (χ1n) is 5.71. The number of piperidine rings is 1. The monoisotopic (exact) mass is 182 g/mol. The maximum atomic E-state index is 3.57. The minimum atomic E-state index is 0.731. The van der Waals surface area contributed by atoms with Crippen molar-refractivity contribution in [3.63, 3.8) is 0 Å². The van der Waals surface area contributed by atoms with E-state index in [-0.39, 0.29) is 0 Å². The number of rotatable bonds is 3. The normalized spacial score (nSPS) is 35.3. The van der Waals surface area contributed by atoms with Gasteiger partial charge in [0.25, 0.3) is 0 Å². The first-order valence-corrected chi connectivity index (χ1v) is 5.71. The SMILES string of the molecule is CC1NCCCC1CN(C)C1CC1. The van der Waals surface area contributed by atoms with Gasteiger partial charge in [-0.2, -0.15) is 0 Å². The van der Waals surface area contributed by atoms with E-state index in [9.17, 15) is 0 Å². The first kappa shape index (κ1) is 9.47. The largest absolute Gasteiger partial charge is 0.314 e. The Morgan fingerprint density at radius 3 is 2.69 bits per heavy atom. The molecule has 1 saturated heterocycles. The van der Waals surface area contributed by atoms with Gasteiger partial charge in [-0.05, 0) is 52.1 Å². The zero-order valence-electron chi connectivity index (χ0n) is 8.92. The summed E-state index contributed by atoms with van der Waals surface area (Å²) < 4.78 is 0. The van der Waals surface area contributed by atoms with E-state index in [0.717, 1.165) is 18.0 Å². The zero-order valence-corrected chi connectivity index (χ0v) is 8.92. The fourth-order valence-corrected chi connectivity index (χ4v) is 2.39. The van der Waals surface area contributed by atoms with Crippen molar-refractivity contribution >= 4 is 0 Å². The highest BCUT2D eigenvalue weighted by atomic mass is 15.2. The molecule has 76 valence electrons. The molecule has 0 aromatic carbocycles. The highest BCUT2D eigenvalue weighted by Crippen LogP contribution is 2.27. The predicted molar refractivity (Wildman–Crippen MR) is 55.8 cm³/mol. The average Bonchev–Trinajstić information content (AvgIpc) is 2.91. The minimum Gasteiger partial charge on any atom is -0.314 e. The Hall–Kier alpha value is -0.0800. The van der Waals surface area contributed by atoms with Crippen LogP contribution in [0.1, 0.15) is 32.6 Å². The summed E-state index contributed by atoms with van der Waals surface area (Å²) in [6, 6.07) is 1.66. The number of hydrogen-bond donors (Lipinski definition) is 1. The van der Waals surface area contributed by atoms with Crippen LogP contribution in [0.3, 0.4) is 0 Å². The number of nitrogens with one attached hydrogen (secondary N) is 1. The van der Waals surface area contributed by atoms with Gasteiger partial charge in [-0.1, -0.05) is 0 Å². The smallest absolute Gasteiger partial charge is 0.00934 e. The van der Waals surface area contributed by atoms with E-state index in [1.807, 2.05) is 0 Å². The van der Waals surface area contributed by atoms with Crippen molar-refractivity contribution in [2.75, 3.05) is 20.1 Å². The molecule has 2 nitrogen and oxygen atoms in total. The van der Waals surface area contributed by atoms with Crippen LogP contribution in [0.5, 0.6) is 0 Å². The van der Waals surface area contributed by atoms with Crippen molar-refractivity contribution in [3.05, 3.63) is 0 Å². The highest BCUT2D eigenvalue weighted by molar-refractivity contribution is 4.86. The molecule has 1 heterocycles. The van der Waals surface area contributed by atoms with Crippen LogP contribution in [0.25, 0.3) is 0 Å². The molecule has 2 fully saturated rings.